The van der Waals surface area contributed by atoms with Crippen LogP contribution < -0.4 is 5.32 Å². The molecule has 0 bridgehead atoms. The minimum Gasteiger partial charge on any atom is -0.330 e. The molecular weight excluding hydrogens is 374 g/mol. The number of aromatic nitrogens is 3. The first kappa shape index (κ1) is 20.8. The summed E-state index contributed by atoms with van der Waals surface area (Å²) in [4.78, 5) is 15.3. The molecule has 0 unspecified atom stereocenters. The number of aryl methyl sites for hydroxylation is 1. The second kappa shape index (κ2) is 9.05. The number of hydrogen-bond donors (Lipinski definition) is 1. The molecule has 1 aromatic carbocycles. The molecule has 4 rings (SSSR count). The van der Waals surface area contributed by atoms with E-state index in [0.29, 0.717) is 24.3 Å². The third kappa shape index (κ3) is 4.39. The molecule has 7 heteroatoms. The van der Waals surface area contributed by atoms with Gasteiger partial charge >= 0.3 is 0 Å². The van der Waals surface area contributed by atoms with E-state index < -0.39 is 0 Å². The van der Waals surface area contributed by atoms with E-state index in [0.717, 1.165) is 50.9 Å². The van der Waals surface area contributed by atoms with Crippen molar-refractivity contribution in [3.63, 3.8) is 0 Å². The molecule has 1 aliphatic carbocycles. The highest BCUT2D eigenvalue weighted by molar-refractivity contribution is 5.93. The molecule has 1 amide bonds. The second-order valence-corrected chi connectivity index (χ2v) is 7.78. The van der Waals surface area contributed by atoms with Crippen LogP contribution in [0.1, 0.15) is 66.0 Å². The van der Waals surface area contributed by atoms with Crippen LogP contribution in [0.15, 0.2) is 24.3 Å². The van der Waals surface area contributed by atoms with Gasteiger partial charge in [0.1, 0.15) is 0 Å². The Hall–Kier alpha value is -1.92. The van der Waals surface area contributed by atoms with Gasteiger partial charge in [0.25, 0.3) is 5.91 Å². The fraction of sp³-hybridized carbons (Fsp3) is 0.571. The molecule has 152 valence electrons. The Kier molecular flexibility index (Phi) is 6.73. The minimum absolute atomic E-state index is 0. The average molecular weight is 404 g/mol. The molecule has 1 saturated heterocycles. The summed E-state index contributed by atoms with van der Waals surface area (Å²) in [6.45, 7) is 6.78. The molecule has 1 saturated carbocycles. The van der Waals surface area contributed by atoms with Crippen LogP contribution in [0.3, 0.4) is 0 Å². The molecule has 0 radical (unpaired) electrons. The lowest BCUT2D eigenvalue weighted by molar-refractivity contribution is 0.0723. The number of nitrogens with one attached hydrogen (secondary N) is 1. The van der Waals surface area contributed by atoms with Crippen molar-refractivity contribution < 1.29 is 4.79 Å². The van der Waals surface area contributed by atoms with Gasteiger partial charge in [-0.15, -0.1) is 17.5 Å². The second-order valence-electron chi connectivity index (χ2n) is 7.78. The summed E-state index contributed by atoms with van der Waals surface area (Å²) in [5.41, 5.74) is 3.92. The Labute approximate surface area is 173 Å². The number of benzene rings is 1. The molecule has 2 heterocycles. The molecule has 2 aliphatic rings. The molecule has 2 fully saturated rings. The van der Waals surface area contributed by atoms with Gasteiger partial charge in [0.15, 0.2) is 5.69 Å². The maximum Gasteiger partial charge on any atom is 0.276 e. The third-order valence-corrected chi connectivity index (χ3v) is 5.82. The van der Waals surface area contributed by atoms with E-state index in [1.807, 2.05) is 16.5 Å². The van der Waals surface area contributed by atoms with Crippen molar-refractivity contribution in [1.29, 1.82) is 0 Å². The predicted molar refractivity (Wildman–Crippen MR) is 112 cm³/mol. The molecule has 6 nitrogen and oxygen atoms in total. The van der Waals surface area contributed by atoms with E-state index in [9.17, 15) is 4.79 Å². The molecule has 0 atom stereocenters. The first-order valence-electron chi connectivity index (χ1n) is 10.2. The summed E-state index contributed by atoms with van der Waals surface area (Å²) in [7, 11) is 0. The molecule has 28 heavy (non-hydrogen) atoms. The molecule has 1 aliphatic heterocycles. The van der Waals surface area contributed by atoms with Crippen molar-refractivity contribution in [2.75, 3.05) is 13.1 Å². The summed E-state index contributed by atoms with van der Waals surface area (Å²) in [6, 6.07) is 9.27. The van der Waals surface area contributed by atoms with Crippen LogP contribution in [-0.2, 0) is 13.0 Å². The average Bonchev–Trinajstić information content (AvgIpc) is 3.48. The SMILES string of the molecule is CCc1ccc(CN(C(=O)c2nnn(C3CCNCC3)c2C)C2CC2)cc1.Cl. The first-order valence-corrected chi connectivity index (χ1v) is 10.2. The van der Waals surface area contributed by atoms with Crippen LogP contribution in [0.2, 0.25) is 0 Å². The van der Waals surface area contributed by atoms with Crippen molar-refractivity contribution in [3.05, 3.63) is 46.8 Å². The van der Waals surface area contributed by atoms with Crippen LogP contribution in [0.5, 0.6) is 0 Å². The highest BCUT2D eigenvalue weighted by Crippen LogP contribution is 2.30. The summed E-state index contributed by atoms with van der Waals surface area (Å²) in [5.74, 6) is 0.0229. The van der Waals surface area contributed by atoms with Gasteiger partial charge in [-0.2, -0.15) is 0 Å². The van der Waals surface area contributed by atoms with Crippen LogP contribution in [-0.4, -0.2) is 44.9 Å². The summed E-state index contributed by atoms with van der Waals surface area (Å²) >= 11 is 0. The molecular formula is C21H30ClN5O. The number of rotatable bonds is 6. The number of halogens is 1. The minimum atomic E-state index is 0. The lowest BCUT2D eigenvalue weighted by Gasteiger charge is -2.24. The Morgan fingerprint density at radius 3 is 2.39 bits per heavy atom. The number of piperidine rings is 1. The zero-order chi connectivity index (χ0) is 18.8. The van der Waals surface area contributed by atoms with E-state index in [-0.39, 0.29) is 18.3 Å². The van der Waals surface area contributed by atoms with Gasteiger partial charge in [-0.05, 0) is 63.2 Å². The topological polar surface area (TPSA) is 63.1 Å². The summed E-state index contributed by atoms with van der Waals surface area (Å²) < 4.78 is 1.97. The van der Waals surface area contributed by atoms with Gasteiger partial charge in [-0.25, -0.2) is 4.68 Å². The van der Waals surface area contributed by atoms with Crippen LogP contribution >= 0.6 is 12.4 Å². The Morgan fingerprint density at radius 1 is 1.14 bits per heavy atom. The summed E-state index contributed by atoms with van der Waals surface area (Å²) in [6.07, 6.45) is 5.27. The Morgan fingerprint density at radius 2 is 1.79 bits per heavy atom. The number of nitrogens with zero attached hydrogens (tertiary/aromatic N) is 4. The van der Waals surface area contributed by atoms with Crippen molar-refractivity contribution in [2.24, 2.45) is 0 Å². The largest absolute Gasteiger partial charge is 0.330 e. The highest BCUT2D eigenvalue weighted by atomic mass is 35.5. The van der Waals surface area contributed by atoms with Gasteiger partial charge in [-0.3, -0.25) is 4.79 Å². The first-order chi connectivity index (χ1) is 13.2. The van der Waals surface area contributed by atoms with Crippen LogP contribution in [0.25, 0.3) is 0 Å². The van der Waals surface area contributed by atoms with Gasteiger partial charge in [0.2, 0.25) is 0 Å². The maximum absolute atomic E-state index is 13.3. The van der Waals surface area contributed by atoms with Gasteiger partial charge in [0.05, 0.1) is 11.7 Å². The van der Waals surface area contributed by atoms with E-state index in [1.165, 1.54) is 11.1 Å². The lowest BCUT2D eigenvalue weighted by atomic mass is 10.1. The van der Waals surface area contributed by atoms with E-state index in [1.54, 1.807) is 0 Å². The van der Waals surface area contributed by atoms with Crippen molar-refractivity contribution >= 4 is 18.3 Å². The third-order valence-electron chi connectivity index (χ3n) is 5.82. The number of carbonyl (C=O) groups excluding carboxylic acids is 1. The maximum atomic E-state index is 13.3. The van der Waals surface area contributed by atoms with Gasteiger partial charge < -0.3 is 10.2 Å². The quantitative estimate of drug-likeness (QED) is 0.803. The normalized spacial score (nSPS) is 17.2. The summed E-state index contributed by atoms with van der Waals surface area (Å²) in [5, 5.41) is 12.0. The van der Waals surface area contributed by atoms with Gasteiger partial charge in [0, 0.05) is 12.6 Å². The molecule has 2 aromatic rings. The van der Waals surface area contributed by atoms with E-state index >= 15 is 0 Å². The molecule has 1 N–H and O–H groups in total. The monoisotopic (exact) mass is 403 g/mol. The predicted octanol–water partition coefficient (Wildman–Crippen LogP) is 3.30. The lowest BCUT2D eigenvalue weighted by Crippen LogP contribution is -2.33. The van der Waals surface area contributed by atoms with Gasteiger partial charge in [-0.1, -0.05) is 36.4 Å². The fourth-order valence-corrected chi connectivity index (χ4v) is 3.90. The van der Waals surface area contributed by atoms with Crippen molar-refractivity contribution in [3.8, 4) is 0 Å². The Bertz CT molecular complexity index is 794. The van der Waals surface area contributed by atoms with Crippen molar-refractivity contribution in [1.82, 2.24) is 25.2 Å². The number of hydrogen-bond acceptors (Lipinski definition) is 4. The number of amides is 1. The standard InChI is InChI=1S/C21H29N5O.ClH/c1-3-16-4-6-17(7-5-16)14-25(18-8-9-18)21(27)20-15(2)26(24-23-20)19-10-12-22-13-11-19;/h4-7,18-19,22H,3,8-14H2,1-2H3;1H. The number of carbonyl (C=O) groups is 1. The molecule has 1 aromatic heterocycles. The smallest absolute Gasteiger partial charge is 0.276 e. The van der Waals surface area contributed by atoms with E-state index in [2.05, 4.69) is 46.8 Å². The fourth-order valence-electron chi connectivity index (χ4n) is 3.90. The van der Waals surface area contributed by atoms with Crippen LogP contribution in [0, 0.1) is 6.92 Å². The van der Waals surface area contributed by atoms with Crippen molar-refractivity contribution in [2.45, 2.75) is 64.6 Å². The highest BCUT2D eigenvalue weighted by Gasteiger charge is 2.35. The van der Waals surface area contributed by atoms with E-state index in [4.69, 9.17) is 0 Å². The Balaban J connectivity index is 0.00000225. The zero-order valence-corrected chi connectivity index (χ0v) is 17.5. The zero-order valence-electron chi connectivity index (χ0n) is 16.7. The molecule has 0 spiro atoms. The van der Waals surface area contributed by atoms with Crippen LogP contribution in [0.4, 0.5) is 0 Å².